The lowest BCUT2D eigenvalue weighted by atomic mass is 10.0. The first-order chi connectivity index (χ1) is 4.72. The van der Waals surface area contributed by atoms with Crippen LogP contribution in [0.25, 0.3) is 0 Å². The van der Waals surface area contributed by atoms with Gasteiger partial charge in [0.05, 0.1) is 4.86 Å². The molecule has 0 aliphatic carbocycles. The summed E-state index contributed by atoms with van der Waals surface area (Å²) in [5, 5.41) is 0. The lowest BCUT2D eigenvalue weighted by molar-refractivity contribution is 0.660. The van der Waals surface area contributed by atoms with Gasteiger partial charge in [-0.15, -0.1) is 0 Å². The van der Waals surface area contributed by atoms with Gasteiger partial charge >= 0.3 is 0 Å². The number of rotatable bonds is 0. The van der Waals surface area contributed by atoms with Crippen LogP contribution in [-0.2, 0) is 0 Å². The number of aliphatic imine (C=N–C) groups is 1. The fourth-order valence-corrected chi connectivity index (χ4v) is 1.24. The second kappa shape index (κ2) is 3.10. The highest BCUT2D eigenvalue weighted by atomic mass is 32.1. The molecule has 0 aromatic carbocycles. The Hall–Kier alpha value is -0.440. The Labute approximate surface area is 66.5 Å². The first-order valence-electron chi connectivity index (χ1n) is 3.56. The van der Waals surface area contributed by atoms with Crippen molar-refractivity contribution in [1.29, 1.82) is 0 Å². The highest BCUT2D eigenvalue weighted by Gasteiger charge is 2.14. The van der Waals surface area contributed by atoms with Crippen molar-refractivity contribution in [3.63, 3.8) is 0 Å². The highest BCUT2D eigenvalue weighted by molar-refractivity contribution is 7.82. The molecular formula is C7H12N2S. The minimum absolute atomic E-state index is 0.446. The quantitative estimate of drug-likeness (QED) is 0.534. The molecule has 0 saturated heterocycles. The van der Waals surface area contributed by atoms with Crippen LogP contribution >= 0.6 is 12.2 Å². The lowest BCUT2D eigenvalue weighted by Crippen LogP contribution is -2.26. The van der Waals surface area contributed by atoms with E-state index >= 15 is 0 Å². The zero-order chi connectivity index (χ0) is 7.56. The molecule has 2 N–H and O–H groups in total. The Kier molecular flexibility index (Phi) is 2.38. The molecule has 2 nitrogen and oxygen atoms in total. The first kappa shape index (κ1) is 7.66. The minimum Gasteiger partial charge on any atom is -0.383 e. The van der Waals surface area contributed by atoms with Crippen molar-refractivity contribution in [2.45, 2.75) is 19.8 Å². The van der Waals surface area contributed by atoms with Crippen LogP contribution < -0.4 is 5.73 Å². The molecule has 1 aliphatic rings. The molecule has 1 rings (SSSR count). The van der Waals surface area contributed by atoms with Crippen LogP contribution in [0.3, 0.4) is 0 Å². The van der Waals surface area contributed by atoms with Crippen LogP contribution in [0.4, 0.5) is 0 Å². The van der Waals surface area contributed by atoms with Gasteiger partial charge in [0.2, 0.25) is 0 Å². The van der Waals surface area contributed by atoms with Gasteiger partial charge in [0.1, 0.15) is 5.84 Å². The van der Waals surface area contributed by atoms with E-state index in [2.05, 4.69) is 11.9 Å². The third kappa shape index (κ3) is 1.53. The van der Waals surface area contributed by atoms with Gasteiger partial charge in [0, 0.05) is 6.54 Å². The molecule has 10 heavy (non-hydrogen) atoms. The summed E-state index contributed by atoms with van der Waals surface area (Å²) >= 11 is 5.08. The summed E-state index contributed by atoms with van der Waals surface area (Å²) in [5.41, 5.74) is 5.58. The van der Waals surface area contributed by atoms with Crippen molar-refractivity contribution >= 4 is 22.9 Å². The van der Waals surface area contributed by atoms with Crippen LogP contribution in [0.2, 0.25) is 0 Å². The van der Waals surface area contributed by atoms with E-state index in [-0.39, 0.29) is 0 Å². The molecule has 0 saturated carbocycles. The molecule has 1 unspecified atom stereocenters. The Morgan fingerprint density at radius 1 is 1.70 bits per heavy atom. The van der Waals surface area contributed by atoms with Crippen molar-refractivity contribution < 1.29 is 0 Å². The van der Waals surface area contributed by atoms with Crippen molar-refractivity contribution in [2.24, 2.45) is 16.6 Å². The SMILES string of the molecule is CC1CCCN=C(N)C1=S. The number of amidine groups is 1. The van der Waals surface area contributed by atoms with E-state index in [1.165, 1.54) is 0 Å². The zero-order valence-electron chi connectivity index (χ0n) is 6.13. The van der Waals surface area contributed by atoms with Crippen LogP contribution in [0, 0.1) is 5.92 Å². The van der Waals surface area contributed by atoms with E-state index in [1.54, 1.807) is 0 Å². The molecule has 3 heteroatoms. The van der Waals surface area contributed by atoms with E-state index < -0.39 is 0 Å². The van der Waals surface area contributed by atoms with E-state index in [1.807, 2.05) is 0 Å². The number of hydrogen-bond donors (Lipinski definition) is 1. The largest absolute Gasteiger partial charge is 0.383 e. The number of nitrogens with zero attached hydrogens (tertiary/aromatic N) is 1. The summed E-state index contributed by atoms with van der Waals surface area (Å²) in [5.74, 6) is 1.03. The van der Waals surface area contributed by atoms with Crippen LogP contribution in [0.15, 0.2) is 4.99 Å². The molecule has 0 bridgehead atoms. The minimum atomic E-state index is 0.446. The van der Waals surface area contributed by atoms with Gasteiger partial charge in [-0.2, -0.15) is 0 Å². The molecule has 0 spiro atoms. The molecule has 1 aliphatic heterocycles. The van der Waals surface area contributed by atoms with Gasteiger partial charge in [-0.05, 0) is 18.8 Å². The average Bonchev–Trinajstić information content (AvgIpc) is 2.04. The van der Waals surface area contributed by atoms with Crippen molar-refractivity contribution in [2.75, 3.05) is 6.54 Å². The summed E-state index contributed by atoms with van der Waals surface area (Å²) in [7, 11) is 0. The van der Waals surface area contributed by atoms with Crippen molar-refractivity contribution in [3.8, 4) is 0 Å². The number of nitrogens with two attached hydrogens (primary N) is 1. The van der Waals surface area contributed by atoms with Crippen LogP contribution in [0.5, 0.6) is 0 Å². The van der Waals surface area contributed by atoms with Gasteiger partial charge in [-0.3, -0.25) is 4.99 Å². The van der Waals surface area contributed by atoms with E-state index in [4.69, 9.17) is 18.0 Å². The maximum Gasteiger partial charge on any atom is 0.132 e. The van der Waals surface area contributed by atoms with Gasteiger partial charge in [0.15, 0.2) is 0 Å². The Morgan fingerprint density at radius 2 is 2.40 bits per heavy atom. The Bertz CT molecular complexity index is 174. The first-order valence-corrected chi connectivity index (χ1v) is 3.97. The third-order valence-corrected chi connectivity index (χ3v) is 2.39. The highest BCUT2D eigenvalue weighted by Crippen LogP contribution is 2.11. The number of hydrogen-bond acceptors (Lipinski definition) is 3. The Balaban J connectivity index is 2.72. The lowest BCUT2D eigenvalue weighted by Gasteiger charge is -2.06. The fourth-order valence-electron chi connectivity index (χ4n) is 1.06. The second-order valence-electron chi connectivity index (χ2n) is 2.67. The smallest absolute Gasteiger partial charge is 0.132 e. The van der Waals surface area contributed by atoms with Gasteiger partial charge < -0.3 is 5.73 Å². The van der Waals surface area contributed by atoms with Crippen LogP contribution in [0.1, 0.15) is 19.8 Å². The molecule has 0 aromatic rings. The fraction of sp³-hybridized carbons (Fsp3) is 0.714. The number of thiocarbonyl (C=S) groups is 1. The molecule has 0 amide bonds. The monoisotopic (exact) mass is 156 g/mol. The molecule has 0 fully saturated rings. The normalized spacial score (nSPS) is 27.5. The van der Waals surface area contributed by atoms with E-state index in [9.17, 15) is 0 Å². The van der Waals surface area contributed by atoms with Gasteiger partial charge in [-0.25, -0.2) is 0 Å². The Morgan fingerprint density at radius 3 is 3.10 bits per heavy atom. The molecule has 1 atom stereocenters. The maximum absolute atomic E-state index is 5.58. The predicted molar refractivity (Wildman–Crippen MR) is 47.5 cm³/mol. The average molecular weight is 156 g/mol. The molecule has 0 radical (unpaired) electrons. The predicted octanol–water partition coefficient (Wildman–Crippen LogP) is 1.14. The van der Waals surface area contributed by atoms with Gasteiger partial charge in [-0.1, -0.05) is 19.1 Å². The van der Waals surface area contributed by atoms with E-state index in [0.717, 1.165) is 24.3 Å². The molecule has 0 aromatic heterocycles. The summed E-state index contributed by atoms with van der Waals surface area (Å²) < 4.78 is 0. The summed E-state index contributed by atoms with van der Waals surface area (Å²) in [6, 6.07) is 0. The van der Waals surface area contributed by atoms with Crippen molar-refractivity contribution in [3.05, 3.63) is 0 Å². The van der Waals surface area contributed by atoms with E-state index in [0.29, 0.717) is 11.8 Å². The third-order valence-electron chi connectivity index (χ3n) is 1.78. The summed E-state index contributed by atoms with van der Waals surface area (Å²) in [4.78, 5) is 4.95. The van der Waals surface area contributed by atoms with Gasteiger partial charge in [0.25, 0.3) is 0 Å². The summed E-state index contributed by atoms with van der Waals surface area (Å²) in [6.07, 6.45) is 2.24. The van der Waals surface area contributed by atoms with Crippen LogP contribution in [-0.4, -0.2) is 17.2 Å². The zero-order valence-corrected chi connectivity index (χ0v) is 6.95. The maximum atomic E-state index is 5.58. The second-order valence-corrected chi connectivity index (χ2v) is 3.11. The summed E-state index contributed by atoms with van der Waals surface area (Å²) in [6.45, 7) is 2.95. The molecule has 1 heterocycles. The topological polar surface area (TPSA) is 38.4 Å². The molecular weight excluding hydrogens is 144 g/mol. The van der Waals surface area contributed by atoms with Crippen molar-refractivity contribution in [1.82, 2.24) is 0 Å². The molecule has 56 valence electrons. The standard InChI is InChI=1S/C7H12N2S/c1-5-3-2-4-9-7(8)6(5)10/h5H,2-4H2,1H3,(H2,8,9).